The molecule has 41 heavy (non-hydrogen) atoms. The highest BCUT2D eigenvalue weighted by Crippen LogP contribution is 2.29. The van der Waals surface area contributed by atoms with Crippen molar-refractivity contribution in [1.82, 2.24) is 20.1 Å². The minimum atomic E-state index is -1.16. The number of aromatic nitrogens is 1. The number of imide groups is 1. The van der Waals surface area contributed by atoms with Crippen molar-refractivity contribution in [2.24, 2.45) is 7.05 Å². The first-order valence-corrected chi connectivity index (χ1v) is 14.2. The highest BCUT2D eigenvalue weighted by molar-refractivity contribution is 9.14. The van der Waals surface area contributed by atoms with Crippen LogP contribution in [0.1, 0.15) is 36.2 Å². The fourth-order valence-electron chi connectivity index (χ4n) is 3.97. The van der Waals surface area contributed by atoms with Crippen LogP contribution in [0.3, 0.4) is 0 Å². The van der Waals surface area contributed by atoms with Gasteiger partial charge < -0.3 is 25.6 Å². The lowest BCUT2D eigenvalue weighted by molar-refractivity contribution is -0.138. The molecule has 0 saturated carbocycles. The number of carboxylic acids is 1. The van der Waals surface area contributed by atoms with Crippen molar-refractivity contribution in [1.29, 1.82) is 0 Å². The van der Waals surface area contributed by atoms with Gasteiger partial charge in [-0.1, -0.05) is 12.1 Å². The lowest BCUT2D eigenvalue weighted by Crippen LogP contribution is -2.48. The Balaban J connectivity index is 1.51. The Morgan fingerprint density at radius 3 is 2.12 bits per heavy atom. The molecule has 2 heterocycles. The molecule has 1 aromatic carbocycles. The number of benzene rings is 1. The summed E-state index contributed by atoms with van der Waals surface area (Å²) in [6.07, 6.45) is -0.0648. The van der Waals surface area contributed by atoms with Gasteiger partial charge in [0.15, 0.2) is 0 Å². The third-order valence-corrected chi connectivity index (χ3v) is 8.45. The largest absolute Gasteiger partial charge is 0.481 e. The highest BCUT2D eigenvalue weighted by Gasteiger charge is 2.35. The third-order valence-electron chi connectivity index (χ3n) is 6.45. The van der Waals surface area contributed by atoms with Crippen molar-refractivity contribution in [2.45, 2.75) is 38.6 Å². The van der Waals surface area contributed by atoms with Crippen LogP contribution in [-0.2, 0) is 42.2 Å². The standard InChI is InChI=1S/C27H29Br2N5O7/c1-15-3-8-18(33(15)2)13-16-4-6-17(7-5-16)31-25(39)19(9-10-22(37)38)32-21(36)14-30-20(35)11-12-34-26(40)23(28)24(29)27(34)41/h3-8,19H,9-14H2,1-2H3,(H,30,35)(H,31,39)(H,32,36)(H,37,38)/t19-/m0/s1. The molecular weight excluding hydrogens is 666 g/mol. The van der Waals surface area contributed by atoms with Gasteiger partial charge in [-0.2, -0.15) is 0 Å². The van der Waals surface area contributed by atoms with E-state index in [9.17, 15) is 28.8 Å². The Morgan fingerprint density at radius 1 is 0.927 bits per heavy atom. The SMILES string of the molecule is Cc1ccc(Cc2ccc(NC(=O)[C@H](CCC(=O)O)NC(=O)CNC(=O)CCN3C(=O)C(Br)=C(Br)C3=O)cc2)n1C. The van der Waals surface area contributed by atoms with E-state index in [0.29, 0.717) is 12.1 Å². The van der Waals surface area contributed by atoms with Gasteiger partial charge in [-0.15, -0.1) is 0 Å². The molecule has 1 aliphatic heterocycles. The van der Waals surface area contributed by atoms with Gasteiger partial charge in [-0.05, 0) is 75.0 Å². The smallest absolute Gasteiger partial charge is 0.303 e. The van der Waals surface area contributed by atoms with Crippen LogP contribution >= 0.6 is 31.9 Å². The molecule has 218 valence electrons. The Hall–Kier alpha value is -3.78. The molecule has 2 aromatic rings. The quantitative estimate of drug-likeness (QED) is 0.233. The van der Waals surface area contributed by atoms with Crippen LogP contribution in [0.25, 0.3) is 0 Å². The second kappa shape index (κ2) is 14.2. The topological polar surface area (TPSA) is 167 Å². The molecule has 0 bridgehead atoms. The molecule has 0 unspecified atom stereocenters. The number of aliphatic carboxylic acids is 1. The van der Waals surface area contributed by atoms with E-state index in [1.807, 2.05) is 38.2 Å². The zero-order valence-corrected chi connectivity index (χ0v) is 25.5. The van der Waals surface area contributed by atoms with E-state index >= 15 is 0 Å². The van der Waals surface area contributed by atoms with Crippen LogP contribution in [0.4, 0.5) is 5.69 Å². The van der Waals surface area contributed by atoms with Crippen molar-refractivity contribution in [2.75, 3.05) is 18.4 Å². The molecule has 5 amide bonds. The van der Waals surface area contributed by atoms with Gasteiger partial charge in [-0.3, -0.25) is 33.7 Å². The summed E-state index contributed by atoms with van der Waals surface area (Å²) in [4.78, 5) is 73.6. The number of carbonyl (C=O) groups is 6. The van der Waals surface area contributed by atoms with E-state index in [1.165, 1.54) is 0 Å². The minimum absolute atomic E-state index is 0.0612. The molecule has 0 fully saturated rings. The summed E-state index contributed by atoms with van der Waals surface area (Å²) in [6.45, 7) is 1.34. The van der Waals surface area contributed by atoms with Crippen molar-refractivity contribution in [3.8, 4) is 0 Å². The van der Waals surface area contributed by atoms with E-state index in [-0.39, 0.29) is 34.8 Å². The molecule has 3 rings (SSSR count). The second-order valence-corrected chi connectivity index (χ2v) is 10.9. The van der Waals surface area contributed by atoms with E-state index < -0.39 is 48.1 Å². The van der Waals surface area contributed by atoms with E-state index in [0.717, 1.165) is 21.9 Å². The van der Waals surface area contributed by atoms with Crippen molar-refractivity contribution < 1.29 is 33.9 Å². The van der Waals surface area contributed by atoms with Gasteiger partial charge in [-0.25, -0.2) is 0 Å². The number of nitrogens with zero attached hydrogens (tertiary/aromatic N) is 2. The molecular formula is C27H29Br2N5O7. The molecule has 1 aromatic heterocycles. The average molecular weight is 695 g/mol. The molecule has 1 atom stereocenters. The first-order chi connectivity index (χ1) is 19.4. The van der Waals surface area contributed by atoms with E-state index in [4.69, 9.17) is 5.11 Å². The summed E-state index contributed by atoms with van der Waals surface area (Å²) in [5.74, 6) is -4.22. The molecule has 0 aliphatic carbocycles. The summed E-state index contributed by atoms with van der Waals surface area (Å²) in [6, 6.07) is 10.1. The van der Waals surface area contributed by atoms with Crippen LogP contribution in [0, 0.1) is 6.92 Å². The fraction of sp³-hybridized carbons (Fsp3) is 0.333. The second-order valence-electron chi connectivity index (χ2n) is 9.36. The predicted molar refractivity (Wildman–Crippen MR) is 156 cm³/mol. The summed E-state index contributed by atoms with van der Waals surface area (Å²) in [5.41, 5.74) is 3.79. The molecule has 0 radical (unpaired) electrons. The predicted octanol–water partition coefficient (Wildman–Crippen LogP) is 2.09. The number of carbonyl (C=O) groups excluding carboxylic acids is 5. The number of anilines is 1. The molecule has 1 aliphatic rings. The monoisotopic (exact) mass is 693 g/mol. The number of rotatable bonds is 13. The number of nitrogens with one attached hydrogen (secondary N) is 3. The van der Waals surface area contributed by atoms with Crippen LogP contribution in [0.2, 0.25) is 0 Å². The van der Waals surface area contributed by atoms with Crippen LogP contribution in [0.5, 0.6) is 0 Å². The zero-order valence-electron chi connectivity index (χ0n) is 22.3. The van der Waals surface area contributed by atoms with E-state index in [2.05, 4.69) is 52.4 Å². The Kier molecular flexibility index (Phi) is 11.0. The number of halogens is 2. The molecule has 0 saturated heterocycles. The van der Waals surface area contributed by atoms with Crippen molar-refractivity contribution >= 4 is 73.1 Å². The first kappa shape index (κ1) is 31.7. The normalized spacial score (nSPS) is 13.8. The Labute approximate surface area is 252 Å². The number of hydrogen-bond donors (Lipinski definition) is 4. The number of amides is 5. The van der Waals surface area contributed by atoms with Crippen LogP contribution in [0.15, 0.2) is 45.4 Å². The van der Waals surface area contributed by atoms with Crippen LogP contribution in [-0.4, -0.2) is 69.2 Å². The minimum Gasteiger partial charge on any atom is -0.481 e. The average Bonchev–Trinajstić information content (AvgIpc) is 3.34. The van der Waals surface area contributed by atoms with Crippen molar-refractivity contribution in [3.05, 3.63) is 62.3 Å². The lowest BCUT2D eigenvalue weighted by atomic mass is 10.1. The zero-order chi connectivity index (χ0) is 30.3. The maximum absolute atomic E-state index is 12.9. The summed E-state index contributed by atoms with van der Waals surface area (Å²) in [5, 5.41) is 16.6. The molecule has 12 nitrogen and oxygen atoms in total. The molecule has 4 N–H and O–H groups in total. The Morgan fingerprint density at radius 2 is 1.56 bits per heavy atom. The lowest BCUT2D eigenvalue weighted by Gasteiger charge is -2.18. The Bertz CT molecular complexity index is 1380. The summed E-state index contributed by atoms with van der Waals surface area (Å²) >= 11 is 6.00. The van der Waals surface area contributed by atoms with Gasteiger partial charge in [0.25, 0.3) is 11.8 Å². The first-order valence-electron chi connectivity index (χ1n) is 12.6. The highest BCUT2D eigenvalue weighted by atomic mass is 79.9. The van der Waals surface area contributed by atoms with Gasteiger partial charge in [0.2, 0.25) is 17.7 Å². The fourth-order valence-corrected chi connectivity index (χ4v) is 4.74. The maximum Gasteiger partial charge on any atom is 0.303 e. The van der Waals surface area contributed by atoms with Crippen LogP contribution < -0.4 is 16.0 Å². The maximum atomic E-state index is 12.9. The van der Waals surface area contributed by atoms with Gasteiger partial charge >= 0.3 is 5.97 Å². The number of carboxylic acid groups (broad SMARTS) is 1. The van der Waals surface area contributed by atoms with Crippen molar-refractivity contribution in [3.63, 3.8) is 0 Å². The summed E-state index contributed by atoms with van der Waals surface area (Å²) in [7, 11) is 1.99. The third kappa shape index (κ3) is 8.60. The van der Waals surface area contributed by atoms with Gasteiger partial charge in [0.05, 0.1) is 6.54 Å². The molecule has 0 spiro atoms. The summed E-state index contributed by atoms with van der Waals surface area (Å²) < 4.78 is 2.22. The number of aryl methyl sites for hydroxylation is 1. The van der Waals surface area contributed by atoms with Gasteiger partial charge in [0, 0.05) is 49.9 Å². The molecule has 14 heteroatoms. The van der Waals surface area contributed by atoms with Gasteiger partial charge in [0.1, 0.15) is 15.0 Å². The number of hydrogen-bond acceptors (Lipinski definition) is 6. The van der Waals surface area contributed by atoms with E-state index in [1.54, 1.807) is 12.1 Å².